The summed E-state index contributed by atoms with van der Waals surface area (Å²) in [4.78, 5) is 27.2. The minimum Gasteiger partial charge on any atom is -0.342 e. The number of carbonyl (C=O) groups is 2. The van der Waals surface area contributed by atoms with Crippen molar-refractivity contribution in [1.29, 1.82) is 0 Å². The van der Waals surface area contributed by atoms with E-state index >= 15 is 0 Å². The van der Waals surface area contributed by atoms with E-state index in [1.165, 1.54) is 25.7 Å². The van der Waals surface area contributed by atoms with Crippen LogP contribution in [0.15, 0.2) is 0 Å². The second-order valence-electron chi connectivity index (χ2n) is 7.89. The quantitative estimate of drug-likeness (QED) is 0.857. The first-order valence-electron chi connectivity index (χ1n) is 7.93. The molecule has 0 radical (unpaired) electrons. The Labute approximate surface area is 121 Å². The van der Waals surface area contributed by atoms with Gasteiger partial charge in [-0.25, -0.2) is 0 Å². The zero-order valence-corrected chi connectivity index (χ0v) is 13.0. The molecule has 0 spiro atoms. The maximum atomic E-state index is 12.9. The zero-order valence-electron chi connectivity index (χ0n) is 13.0. The number of piperazine rings is 1. The van der Waals surface area contributed by atoms with Gasteiger partial charge in [0.25, 0.3) is 0 Å². The number of amides is 2. The van der Waals surface area contributed by atoms with Crippen molar-refractivity contribution in [3.8, 4) is 0 Å². The Morgan fingerprint density at radius 3 is 2.00 bits per heavy atom. The molecule has 0 aromatic carbocycles. The number of carbonyl (C=O) groups excluding carboxylic acids is 2. The second-order valence-corrected chi connectivity index (χ2v) is 7.89. The van der Waals surface area contributed by atoms with Gasteiger partial charge in [-0.15, -0.1) is 0 Å². The first kappa shape index (κ1) is 13.9. The van der Waals surface area contributed by atoms with Crippen LogP contribution in [0.2, 0.25) is 0 Å². The summed E-state index contributed by atoms with van der Waals surface area (Å²) in [5.41, 5.74) is -0.233. The van der Waals surface area contributed by atoms with Crippen LogP contribution in [0.4, 0.5) is 0 Å². The number of hydrogen-bond donors (Lipinski definition) is 1. The minimum absolute atomic E-state index is 0.0100. The monoisotopic (exact) mass is 278 g/mol. The summed E-state index contributed by atoms with van der Waals surface area (Å²) in [5.74, 6) is 1.42. The predicted molar refractivity (Wildman–Crippen MR) is 76.9 cm³/mol. The SMILES string of the molecule is CC1C(=O)NC(C(C)(C)C)C(=O)N1C(C1CC1)C1CC1. The number of nitrogens with one attached hydrogen (secondary N) is 1. The maximum Gasteiger partial charge on any atom is 0.246 e. The lowest BCUT2D eigenvalue weighted by Gasteiger charge is -2.46. The Balaban J connectivity index is 1.89. The summed E-state index contributed by atoms with van der Waals surface area (Å²) >= 11 is 0. The van der Waals surface area contributed by atoms with Gasteiger partial charge in [0.15, 0.2) is 0 Å². The Morgan fingerprint density at radius 2 is 1.60 bits per heavy atom. The molecule has 4 nitrogen and oxygen atoms in total. The lowest BCUT2D eigenvalue weighted by atomic mass is 9.83. The molecule has 1 heterocycles. The molecule has 1 N–H and O–H groups in total. The van der Waals surface area contributed by atoms with Crippen LogP contribution >= 0.6 is 0 Å². The van der Waals surface area contributed by atoms with Crippen LogP contribution in [0.5, 0.6) is 0 Å². The summed E-state index contributed by atoms with van der Waals surface area (Å²) in [6.45, 7) is 7.94. The lowest BCUT2D eigenvalue weighted by Crippen LogP contribution is -2.68. The molecule has 2 saturated carbocycles. The van der Waals surface area contributed by atoms with Crippen molar-refractivity contribution >= 4 is 11.8 Å². The Kier molecular flexibility index (Phi) is 3.11. The Morgan fingerprint density at radius 1 is 1.10 bits per heavy atom. The first-order valence-corrected chi connectivity index (χ1v) is 7.93. The molecule has 2 atom stereocenters. The molecule has 20 heavy (non-hydrogen) atoms. The van der Waals surface area contributed by atoms with Crippen molar-refractivity contribution in [1.82, 2.24) is 10.2 Å². The van der Waals surface area contributed by atoms with Crippen molar-refractivity contribution in [2.45, 2.75) is 71.5 Å². The highest BCUT2D eigenvalue weighted by Gasteiger charge is 2.53. The molecular weight excluding hydrogens is 252 g/mol. The molecule has 2 amide bonds. The van der Waals surface area contributed by atoms with Crippen molar-refractivity contribution in [3.05, 3.63) is 0 Å². The minimum atomic E-state index is -0.383. The summed E-state index contributed by atoms with van der Waals surface area (Å²) in [6.07, 6.45) is 4.89. The van der Waals surface area contributed by atoms with Crippen LogP contribution in [-0.2, 0) is 9.59 Å². The normalized spacial score (nSPS) is 31.8. The molecule has 3 rings (SSSR count). The molecule has 4 heteroatoms. The third-order valence-corrected chi connectivity index (χ3v) is 4.98. The van der Waals surface area contributed by atoms with Gasteiger partial charge in [-0.1, -0.05) is 20.8 Å². The van der Waals surface area contributed by atoms with E-state index < -0.39 is 0 Å². The topological polar surface area (TPSA) is 49.4 Å². The largest absolute Gasteiger partial charge is 0.342 e. The van der Waals surface area contributed by atoms with E-state index in [1.807, 2.05) is 32.6 Å². The fourth-order valence-corrected chi connectivity index (χ4v) is 3.50. The molecular formula is C16H26N2O2. The summed E-state index contributed by atoms with van der Waals surface area (Å²) in [7, 11) is 0. The van der Waals surface area contributed by atoms with Gasteiger partial charge in [0.2, 0.25) is 11.8 Å². The van der Waals surface area contributed by atoms with Crippen LogP contribution in [0.25, 0.3) is 0 Å². The van der Waals surface area contributed by atoms with Gasteiger partial charge >= 0.3 is 0 Å². The van der Waals surface area contributed by atoms with Gasteiger partial charge in [0, 0.05) is 6.04 Å². The standard InChI is InChI=1S/C16H26N2O2/c1-9-14(19)17-13(16(2,3)4)15(20)18(9)12(10-5-6-10)11-7-8-11/h9-13H,5-8H2,1-4H3,(H,17,19). The van der Waals surface area contributed by atoms with Crippen LogP contribution in [0.3, 0.4) is 0 Å². The van der Waals surface area contributed by atoms with Crippen molar-refractivity contribution in [3.63, 3.8) is 0 Å². The van der Waals surface area contributed by atoms with Gasteiger partial charge in [-0.2, -0.15) is 0 Å². The fourth-order valence-electron chi connectivity index (χ4n) is 3.50. The van der Waals surface area contributed by atoms with Gasteiger partial charge in [0.1, 0.15) is 12.1 Å². The number of hydrogen-bond acceptors (Lipinski definition) is 2. The fraction of sp³-hybridized carbons (Fsp3) is 0.875. The van der Waals surface area contributed by atoms with E-state index in [1.54, 1.807) is 0 Å². The first-order chi connectivity index (χ1) is 9.30. The molecule has 0 aromatic rings. The molecule has 1 saturated heterocycles. The van der Waals surface area contributed by atoms with E-state index in [0.717, 1.165) is 0 Å². The lowest BCUT2D eigenvalue weighted by molar-refractivity contribution is -0.155. The van der Waals surface area contributed by atoms with E-state index in [-0.39, 0.29) is 29.3 Å². The molecule has 2 aliphatic carbocycles. The highest BCUT2D eigenvalue weighted by atomic mass is 16.2. The maximum absolute atomic E-state index is 12.9. The third-order valence-electron chi connectivity index (χ3n) is 4.98. The van der Waals surface area contributed by atoms with Crippen LogP contribution in [-0.4, -0.2) is 34.8 Å². The zero-order chi connectivity index (χ0) is 14.7. The molecule has 1 aliphatic heterocycles. The van der Waals surface area contributed by atoms with Crippen molar-refractivity contribution in [2.75, 3.05) is 0 Å². The predicted octanol–water partition coefficient (Wildman–Crippen LogP) is 1.94. The van der Waals surface area contributed by atoms with E-state index in [9.17, 15) is 9.59 Å². The van der Waals surface area contributed by atoms with E-state index in [2.05, 4.69) is 5.32 Å². The highest BCUT2D eigenvalue weighted by Crippen LogP contribution is 2.48. The van der Waals surface area contributed by atoms with Gasteiger partial charge in [-0.05, 0) is 49.9 Å². The molecule has 3 fully saturated rings. The van der Waals surface area contributed by atoms with Gasteiger partial charge < -0.3 is 10.2 Å². The molecule has 0 bridgehead atoms. The van der Waals surface area contributed by atoms with Crippen LogP contribution in [0, 0.1) is 17.3 Å². The average molecular weight is 278 g/mol. The van der Waals surface area contributed by atoms with E-state index in [4.69, 9.17) is 0 Å². The number of nitrogens with zero attached hydrogens (tertiary/aromatic N) is 1. The van der Waals surface area contributed by atoms with Crippen molar-refractivity contribution in [2.24, 2.45) is 17.3 Å². The van der Waals surface area contributed by atoms with Gasteiger partial charge in [0.05, 0.1) is 0 Å². The molecule has 0 aromatic heterocycles. The average Bonchev–Trinajstić information content (AvgIpc) is 3.21. The third kappa shape index (κ3) is 2.33. The highest BCUT2D eigenvalue weighted by molar-refractivity contribution is 5.97. The molecule has 112 valence electrons. The Hall–Kier alpha value is -1.06. The van der Waals surface area contributed by atoms with Gasteiger partial charge in [-0.3, -0.25) is 9.59 Å². The van der Waals surface area contributed by atoms with Crippen LogP contribution in [0.1, 0.15) is 53.4 Å². The summed E-state index contributed by atoms with van der Waals surface area (Å²) in [5, 5.41) is 2.93. The van der Waals surface area contributed by atoms with E-state index in [0.29, 0.717) is 17.9 Å². The molecule has 2 unspecified atom stereocenters. The Bertz CT molecular complexity index is 420. The van der Waals surface area contributed by atoms with Crippen molar-refractivity contribution < 1.29 is 9.59 Å². The summed E-state index contributed by atoms with van der Waals surface area (Å²) < 4.78 is 0. The number of rotatable bonds is 3. The summed E-state index contributed by atoms with van der Waals surface area (Å²) in [6, 6.07) is -0.383. The van der Waals surface area contributed by atoms with Crippen LogP contribution < -0.4 is 5.32 Å². The smallest absolute Gasteiger partial charge is 0.246 e. The molecule has 3 aliphatic rings. The second kappa shape index (κ2) is 4.47.